The second kappa shape index (κ2) is 9.18. The third-order valence-electron chi connectivity index (χ3n) is 2.30. The molecular formula is C11H18N2O7. The molecule has 20 heavy (non-hydrogen) atoms. The van der Waals surface area contributed by atoms with Gasteiger partial charge in [-0.05, 0) is 6.92 Å². The Kier molecular flexibility index (Phi) is 8.36. The number of hydrogen-bond donors (Lipinski definition) is 6. The lowest BCUT2D eigenvalue weighted by Gasteiger charge is -2.09. The van der Waals surface area contributed by atoms with Crippen LogP contribution in [0.2, 0.25) is 0 Å². The molecule has 1 aromatic rings. The highest BCUT2D eigenvalue weighted by atomic mass is 16.4. The van der Waals surface area contributed by atoms with Crippen molar-refractivity contribution in [3.63, 3.8) is 0 Å². The normalized spacial score (nSPS) is 10.1. The van der Waals surface area contributed by atoms with E-state index in [0.29, 0.717) is 0 Å². The topological polar surface area (TPSA) is 155 Å². The molecule has 0 saturated carbocycles. The average Bonchev–Trinajstić information content (AvgIpc) is 2.44. The third kappa shape index (κ3) is 5.07. The van der Waals surface area contributed by atoms with Crippen LogP contribution in [0.5, 0.6) is 5.75 Å². The molecule has 0 radical (unpaired) electrons. The molecule has 1 aromatic heterocycles. The zero-order chi connectivity index (χ0) is 15.7. The van der Waals surface area contributed by atoms with Crippen molar-refractivity contribution in [2.45, 2.75) is 13.5 Å². The van der Waals surface area contributed by atoms with Crippen LogP contribution in [0.15, 0.2) is 6.20 Å². The van der Waals surface area contributed by atoms with Crippen LogP contribution in [-0.2, 0) is 6.61 Å². The van der Waals surface area contributed by atoms with Gasteiger partial charge in [0.25, 0.3) is 0 Å². The second-order valence-corrected chi connectivity index (χ2v) is 3.65. The number of aryl methyl sites for hydroxylation is 1. The number of hydrogen-bond acceptors (Lipinski definition) is 8. The zero-order valence-corrected chi connectivity index (χ0v) is 10.9. The van der Waals surface area contributed by atoms with Crippen LogP contribution in [-0.4, -0.2) is 66.7 Å². The van der Waals surface area contributed by atoms with E-state index in [1.165, 1.54) is 13.1 Å². The number of carboxylic acid groups (broad SMARTS) is 1. The molecule has 0 aliphatic carbocycles. The van der Waals surface area contributed by atoms with Gasteiger partial charge in [-0.1, -0.05) is 0 Å². The van der Waals surface area contributed by atoms with Gasteiger partial charge in [0, 0.05) is 11.8 Å². The first-order chi connectivity index (χ1) is 9.42. The molecule has 114 valence electrons. The molecule has 0 unspecified atom stereocenters. The van der Waals surface area contributed by atoms with Crippen LogP contribution in [0.4, 0.5) is 0 Å². The number of aliphatic hydroxyl groups is 4. The average molecular weight is 290 g/mol. The highest BCUT2D eigenvalue weighted by Gasteiger charge is 2.17. The molecule has 0 spiro atoms. The molecule has 0 aliphatic heterocycles. The maximum atomic E-state index is 10.7. The van der Waals surface area contributed by atoms with Gasteiger partial charge >= 0.3 is 5.97 Å². The molecule has 9 nitrogen and oxygen atoms in total. The molecule has 0 bridgehead atoms. The SMILES string of the molecule is Cc1ncc(CO)c(C(=O)O)c1O.OCN(CO)CO. The maximum absolute atomic E-state index is 10.7. The second-order valence-electron chi connectivity index (χ2n) is 3.65. The van der Waals surface area contributed by atoms with Crippen LogP contribution in [0.25, 0.3) is 0 Å². The van der Waals surface area contributed by atoms with Gasteiger partial charge in [-0.3, -0.25) is 4.98 Å². The van der Waals surface area contributed by atoms with Crippen LogP contribution in [0.1, 0.15) is 21.6 Å². The highest BCUT2D eigenvalue weighted by molar-refractivity contribution is 5.92. The Bertz CT molecular complexity index is 430. The Labute approximate surface area is 115 Å². The minimum atomic E-state index is -1.27. The van der Waals surface area contributed by atoms with E-state index in [0.717, 1.165) is 4.90 Å². The number of rotatable bonds is 5. The van der Waals surface area contributed by atoms with E-state index in [1.54, 1.807) is 0 Å². The number of nitrogens with zero attached hydrogens (tertiary/aromatic N) is 2. The molecule has 0 atom stereocenters. The first kappa shape index (κ1) is 18.2. The Morgan fingerprint density at radius 1 is 1.20 bits per heavy atom. The molecule has 1 heterocycles. The Hall–Kier alpha value is -1.78. The summed E-state index contributed by atoms with van der Waals surface area (Å²) in [6.07, 6.45) is 1.23. The van der Waals surface area contributed by atoms with Crippen molar-refractivity contribution in [1.82, 2.24) is 9.88 Å². The summed E-state index contributed by atoms with van der Waals surface area (Å²) in [5.74, 6) is -1.66. The highest BCUT2D eigenvalue weighted by Crippen LogP contribution is 2.23. The minimum absolute atomic E-state index is 0.107. The Morgan fingerprint density at radius 2 is 1.70 bits per heavy atom. The number of aromatic nitrogens is 1. The fourth-order valence-corrected chi connectivity index (χ4v) is 1.13. The lowest BCUT2D eigenvalue weighted by Crippen LogP contribution is -2.26. The summed E-state index contributed by atoms with van der Waals surface area (Å²) in [6.45, 7) is 0.0956. The third-order valence-corrected chi connectivity index (χ3v) is 2.30. The summed E-state index contributed by atoms with van der Waals surface area (Å²) < 4.78 is 0. The van der Waals surface area contributed by atoms with Gasteiger partial charge in [0.05, 0.1) is 32.5 Å². The van der Waals surface area contributed by atoms with Crippen molar-refractivity contribution < 1.29 is 35.4 Å². The summed E-state index contributed by atoms with van der Waals surface area (Å²) in [5.41, 5.74) is 0.0557. The molecular weight excluding hydrogens is 272 g/mol. The molecule has 9 heteroatoms. The van der Waals surface area contributed by atoms with Gasteiger partial charge in [-0.2, -0.15) is 0 Å². The first-order valence-corrected chi connectivity index (χ1v) is 5.49. The van der Waals surface area contributed by atoms with Gasteiger partial charge in [0.15, 0.2) is 5.75 Å². The summed E-state index contributed by atoms with van der Waals surface area (Å²) in [6, 6.07) is 0. The molecule has 1 rings (SSSR count). The lowest BCUT2D eigenvalue weighted by molar-refractivity contribution is -0.0268. The van der Waals surface area contributed by atoms with Gasteiger partial charge in [0.2, 0.25) is 0 Å². The smallest absolute Gasteiger partial charge is 0.339 e. The predicted octanol–water partition coefficient (Wildman–Crippen LogP) is -1.58. The summed E-state index contributed by atoms with van der Waals surface area (Å²) in [7, 11) is 0. The summed E-state index contributed by atoms with van der Waals surface area (Å²) in [5, 5.41) is 51.2. The number of carbonyl (C=O) groups is 1. The zero-order valence-electron chi connectivity index (χ0n) is 10.9. The van der Waals surface area contributed by atoms with Crippen molar-refractivity contribution in [3.8, 4) is 5.75 Å². The standard InChI is InChI=1S/C8H9NO4.C3H9NO3/c1-4-7(11)6(8(12)13)5(3-10)2-9-4;5-1-4(2-6)3-7/h2,10-11H,3H2,1H3,(H,12,13);5-7H,1-3H2. The molecule has 0 saturated heterocycles. The van der Waals surface area contributed by atoms with Crippen LogP contribution in [0, 0.1) is 6.92 Å². The maximum Gasteiger partial charge on any atom is 0.339 e. The molecule has 0 amide bonds. The predicted molar refractivity (Wildman–Crippen MR) is 66.6 cm³/mol. The van der Waals surface area contributed by atoms with Crippen molar-refractivity contribution in [3.05, 3.63) is 23.0 Å². The Morgan fingerprint density at radius 3 is 2.00 bits per heavy atom. The number of aliphatic hydroxyl groups excluding tert-OH is 4. The lowest BCUT2D eigenvalue weighted by atomic mass is 10.1. The molecule has 0 aliphatic rings. The number of aromatic hydroxyl groups is 1. The van der Waals surface area contributed by atoms with E-state index in [9.17, 15) is 9.90 Å². The van der Waals surface area contributed by atoms with E-state index in [4.69, 9.17) is 25.5 Å². The number of pyridine rings is 1. The van der Waals surface area contributed by atoms with Crippen molar-refractivity contribution in [2.75, 3.05) is 20.2 Å². The van der Waals surface area contributed by atoms with E-state index >= 15 is 0 Å². The minimum Gasteiger partial charge on any atom is -0.505 e. The fourth-order valence-electron chi connectivity index (χ4n) is 1.13. The van der Waals surface area contributed by atoms with Gasteiger partial charge in [0.1, 0.15) is 5.56 Å². The summed E-state index contributed by atoms with van der Waals surface area (Å²) in [4.78, 5) is 15.4. The first-order valence-electron chi connectivity index (χ1n) is 5.49. The number of aromatic carboxylic acids is 1. The molecule has 0 fully saturated rings. The van der Waals surface area contributed by atoms with Crippen molar-refractivity contribution >= 4 is 5.97 Å². The van der Waals surface area contributed by atoms with E-state index in [1.807, 2.05) is 0 Å². The van der Waals surface area contributed by atoms with Crippen molar-refractivity contribution in [1.29, 1.82) is 0 Å². The molecule has 0 aromatic carbocycles. The quantitative estimate of drug-likeness (QED) is 0.352. The van der Waals surface area contributed by atoms with E-state index in [-0.39, 0.29) is 42.8 Å². The van der Waals surface area contributed by atoms with Crippen LogP contribution < -0.4 is 0 Å². The largest absolute Gasteiger partial charge is 0.505 e. The van der Waals surface area contributed by atoms with Crippen LogP contribution in [0.3, 0.4) is 0 Å². The van der Waals surface area contributed by atoms with Gasteiger partial charge < -0.3 is 30.6 Å². The van der Waals surface area contributed by atoms with E-state index in [2.05, 4.69) is 4.98 Å². The monoisotopic (exact) mass is 290 g/mol. The Balaban J connectivity index is 0.000000441. The van der Waals surface area contributed by atoms with Gasteiger partial charge in [-0.25, -0.2) is 9.69 Å². The summed E-state index contributed by atoms with van der Waals surface area (Å²) >= 11 is 0. The number of carboxylic acids is 1. The van der Waals surface area contributed by atoms with Gasteiger partial charge in [-0.15, -0.1) is 0 Å². The fraction of sp³-hybridized carbons (Fsp3) is 0.455. The molecule has 6 N–H and O–H groups in total. The van der Waals surface area contributed by atoms with Crippen molar-refractivity contribution in [2.24, 2.45) is 0 Å². The van der Waals surface area contributed by atoms with E-state index < -0.39 is 12.6 Å². The van der Waals surface area contributed by atoms with Crippen LogP contribution >= 0.6 is 0 Å².